The van der Waals surface area contributed by atoms with E-state index < -0.39 is 78.7 Å². The van der Waals surface area contributed by atoms with Gasteiger partial charge < -0.3 is 59.1 Å². The summed E-state index contributed by atoms with van der Waals surface area (Å²) in [5.41, 5.74) is 1.76. The van der Waals surface area contributed by atoms with E-state index in [1.54, 1.807) is 19.6 Å². The van der Waals surface area contributed by atoms with Crippen molar-refractivity contribution in [2.24, 2.45) is 0 Å². The molecule has 2 aromatic rings. The standard InChI is InChI=1S/C51H76F4N5O18P/c52-41-32-42(53)50(55)51(49(41)54)78-48(70)11-20-74-22-24-76-26-28-77-27-25-75-23-21-73-19-10-43(61)56-12-2-1-3-29-79(71,72)30-4-5-38-6-8-39(9-7-38)31-40-33-59(36-46(66)67)16-15-57(34-44(62)63)13-14-58(35-45(64)65)17-18-60(40)37-47(68)69/h6-9,32,40H,1-5,10-31,33-37H2,(H,56,61)(H,62,63)(H,64,65)(H,66,67)(H,68,69)(H,71,72)/t40-/m0/s1. The molecule has 1 fully saturated rings. The Labute approximate surface area is 456 Å². The van der Waals surface area contributed by atoms with Crippen molar-refractivity contribution in [2.75, 3.05) is 157 Å². The molecule has 0 aromatic heterocycles. The highest BCUT2D eigenvalue weighted by molar-refractivity contribution is 7.57. The van der Waals surface area contributed by atoms with Gasteiger partial charge in [0.25, 0.3) is 0 Å². The van der Waals surface area contributed by atoms with Crippen molar-refractivity contribution in [3.8, 4) is 5.75 Å². The minimum absolute atomic E-state index is 0.000657. The maximum atomic E-state index is 13.6. The second-order valence-electron chi connectivity index (χ2n) is 18.6. The first-order valence-corrected chi connectivity index (χ1v) is 28.1. The van der Waals surface area contributed by atoms with Gasteiger partial charge in [0.2, 0.25) is 30.7 Å². The number of aryl methyl sites for hydroxylation is 1. The molecule has 1 saturated heterocycles. The summed E-state index contributed by atoms with van der Waals surface area (Å²) in [6.07, 6.45) is 3.17. The summed E-state index contributed by atoms with van der Waals surface area (Å²) >= 11 is 0. The molecule has 0 aliphatic carbocycles. The van der Waals surface area contributed by atoms with E-state index in [1.807, 2.05) is 24.3 Å². The number of carboxylic acid groups (broad SMARTS) is 4. The van der Waals surface area contributed by atoms with E-state index in [0.717, 1.165) is 11.1 Å². The van der Waals surface area contributed by atoms with Crippen LogP contribution < -0.4 is 10.1 Å². The Morgan fingerprint density at radius 1 is 0.557 bits per heavy atom. The van der Waals surface area contributed by atoms with Gasteiger partial charge in [0.15, 0.2) is 11.6 Å². The van der Waals surface area contributed by atoms with Gasteiger partial charge in [0.05, 0.1) is 98.7 Å². The molecule has 0 saturated carbocycles. The lowest BCUT2D eigenvalue weighted by Crippen LogP contribution is -2.53. The smallest absolute Gasteiger partial charge is 0.317 e. The number of carbonyl (C=O) groups excluding carboxylic acids is 2. The van der Waals surface area contributed by atoms with Gasteiger partial charge in [-0.2, -0.15) is 8.78 Å². The van der Waals surface area contributed by atoms with Crippen LogP contribution in [0.25, 0.3) is 0 Å². The first kappa shape index (κ1) is 68.1. The van der Waals surface area contributed by atoms with Crippen LogP contribution >= 0.6 is 7.37 Å². The Bertz CT molecular complexity index is 2220. The maximum absolute atomic E-state index is 13.6. The first-order valence-electron chi connectivity index (χ1n) is 26.1. The third-order valence-corrected chi connectivity index (χ3v) is 14.3. The van der Waals surface area contributed by atoms with E-state index in [-0.39, 0.29) is 156 Å². The van der Waals surface area contributed by atoms with Crippen LogP contribution in [0.3, 0.4) is 0 Å². The van der Waals surface area contributed by atoms with Crippen LogP contribution in [0.4, 0.5) is 17.6 Å². The van der Waals surface area contributed by atoms with E-state index in [1.165, 1.54) is 0 Å². The van der Waals surface area contributed by atoms with Crippen LogP contribution in [0.1, 0.15) is 49.7 Å². The molecular weight excluding hydrogens is 1080 g/mol. The summed E-state index contributed by atoms with van der Waals surface area (Å²) < 4.78 is 97.8. The predicted octanol–water partition coefficient (Wildman–Crippen LogP) is 2.67. The molecule has 1 aliphatic rings. The Morgan fingerprint density at radius 2 is 1.00 bits per heavy atom. The fraction of sp³-hybridized carbons (Fsp3) is 0.647. The lowest BCUT2D eigenvalue weighted by atomic mass is 10.0. The summed E-state index contributed by atoms with van der Waals surface area (Å²) in [6.45, 7) is 2.22. The monoisotopic (exact) mass is 1150 g/mol. The molecule has 6 N–H and O–H groups in total. The maximum Gasteiger partial charge on any atom is 0.317 e. The number of carboxylic acids is 4. The van der Waals surface area contributed by atoms with Crippen LogP contribution in [0.15, 0.2) is 30.3 Å². The number of amides is 1. The van der Waals surface area contributed by atoms with Crippen LogP contribution in [-0.4, -0.2) is 244 Å². The highest BCUT2D eigenvalue weighted by Crippen LogP contribution is 2.42. The molecule has 79 heavy (non-hydrogen) atoms. The summed E-state index contributed by atoms with van der Waals surface area (Å²) in [6, 6.07) is 7.05. The lowest BCUT2D eigenvalue weighted by Gasteiger charge is -2.37. The fourth-order valence-corrected chi connectivity index (χ4v) is 9.79. The number of aliphatic carboxylic acids is 4. The highest BCUT2D eigenvalue weighted by Gasteiger charge is 2.28. The fourth-order valence-electron chi connectivity index (χ4n) is 8.20. The van der Waals surface area contributed by atoms with Crippen LogP contribution in [-0.2, 0) is 69.9 Å². The van der Waals surface area contributed by atoms with Crippen molar-refractivity contribution in [3.05, 3.63) is 64.7 Å². The molecule has 1 unspecified atom stereocenters. The van der Waals surface area contributed by atoms with Gasteiger partial charge in [-0.3, -0.25) is 52.9 Å². The summed E-state index contributed by atoms with van der Waals surface area (Å²) in [7, 11) is -3.40. The number of carbonyl (C=O) groups is 6. The Kier molecular flexibility index (Phi) is 33.1. The van der Waals surface area contributed by atoms with Crippen molar-refractivity contribution in [3.63, 3.8) is 0 Å². The number of rotatable bonds is 39. The molecule has 2 aromatic carbocycles. The number of nitrogens with zero attached hydrogens (tertiary/aromatic N) is 4. The molecule has 2 atom stereocenters. The number of hydrogen-bond acceptors (Lipinski definition) is 17. The first-order chi connectivity index (χ1) is 37.7. The van der Waals surface area contributed by atoms with Gasteiger partial charge in [-0.15, -0.1) is 0 Å². The summed E-state index contributed by atoms with van der Waals surface area (Å²) in [5.74, 6) is -14.2. The van der Waals surface area contributed by atoms with E-state index >= 15 is 0 Å². The summed E-state index contributed by atoms with van der Waals surface area (Å²) in [5, 5.41) is 41.5. The van der Waals surface area contributed by atoms with Crippen LogP contribution in [0.2, 0.25) is 0 Å². The van der Waals surface area contributed by atoms with E-state index in [2.05, 4.69) is 10.1 Å². The molecule has 1 heterocycles. The van der Waals surface area contributed by atoms with Crippen molar-refractivity contribution < 1.29 is 105 Å². The number of ether oxygens (including phenoxy) is 6. The van der Waals surface area contributed by atoms with Gasteiger partial charge in [-0.1, -0.05) is 30.7 Å². The number of halogens is 4. The number of hydrogen-bond donors (Lipinski definition) is 6. The third-order valence-electron chi connectivity index (χ3n) is 12.2. The number of unbranched alkanes of at least 4 members (excludes halogenated alkanes) is 2. The SMILES string of the molecule is O=C(O)CN1CCN(CC(=O)O)CCN(CC(=O)O)[C@@H](Cc2ccc(CCCP(=O)(O)CCCCCNC(=O)CCOCCOCCOCCOCCOCCC(=O)Oc3c(F)c(F)cc(F)c3F)cc2)CN(CC(=O)O)CC1. The molecule has 0 bridgehead atoms. The number of nitrogens with one attached hydrogen (secondary N) is 1. The quantitative estimate of drug-likeness (QED) is 0.0140. The normalized spacial score (nSPS) is 16.1. The Morgan fingerprint density at radius 3 is 1.52 bits per heavy atom. The van der Waals surface area contributed by atoms with Crippen molar-refractivity contribution in [1.82, 2.24) is 24.9 Å². The average Bonchev–Trinajstić information content (AvgIpc) is 3.38. The third kappa shape index (κ3) is 30.8. The van der Waals surface area contributed by atoms with E-state index in [9.17, 15) is 76.2 Å². The van der Waals surface area contributed by atoms with Crippen molar-refractivity contribution in [1.29, 1.82) is 0 Å². The van der Waals surface area contributed by atoms with Crippen molar-refractivity contribution in [2.45, 2.75) is 57.4 Å². The number of benzene rings is 2. The minimum atomic E-state index is -3.40. The average molecular weight is 1150 g/mol. The van der Waals surface area contributed by atoms with Crippen LogP contribution in [0.5, 0.6) is 5.75 Å². The van der Waals surface area contributed by atoms with Gasteiger partial charge in [0.1, 0.15) is 0 Å². The highest BCUT2D eigenvalue weighted by atomic mass is 31.2. The van der Waals surface area contributed by atoms with E-state index in [4.69, 9.17) is 23.7 Å². The number of esters is 1. The zero-order valence-electron chi connectivity index (χ0n) is 44.4. The molecular formula is C51H76F4N5O18P. The molecule has 0 radical (unpaired) electrons. The molecule has 446 valence electrons. The zero-order valence-corrected chi connectivity index (χ0v) is 45.3. The molecule has 1 aliphatic heterocycles. The van der Waals surface area contributed by atoms with Gasteiger partial charge in [-0.25, -0.2) is 8.78 Å². The predicted molar refractivity (Wildman–Crippen MR) is 275 cm³/mol. The van der Waals surface area contributed by atoms with Gasteiger partial charge >= 0.3 is 29.8 Å². The minimum Gasteiger partial charge on any atom is -0.480 e. The van der Waals surface area contributed by atoms with Crippen LogP contribution in [0, 0.1) is 23.3 Å². The molecule has 3 rings (SSSR count). The second kappa shape index (κ2) is 38.5. The molecule has 1 amide bonds. The largest absolute Gasteiger partial charge is 0.480 e. The Balaban J connectivity index is 1.23. The molecule has 28 heteroatoms. The topological polar surface area (TPSA) is 301 Å². The summed E-state index contributed by atoms with van der Waals surface area (Å²) in [4.78, 5) is 88.5. The Hall–Kier alpha value is -5.19. The zero-order chi connectivity index (χ0) is 58.0. The lowest BCUT2D eigenvalue weighted by molar-refractivity contribution is -0.142. The molecule has 0 spiro atoms. The second-order valence-corrected chi connectivity index (χ2v) is 21.2. The van der Waals surface area contributed by atoms with E-state index in [0.29, 0.717) is 58.3 Å². The van der Waals surface area contributed by atoms with Crippen molar-refractivity contribution >= 4 is 43.1 Å². The van der Waals surface area contributed by atoms with Gasteiger partial charge in [-0.05, 0) is 43.2 Å². The van der Waals surface area contributed by atoms with Gasteiger partial charge in [0, 0.05) is 83.2 Å². The molecule has 23 nitrogen and oxygen atoms in total.